The first-order valence-corrected chi connectivity index (χ1v) is 8.10. The van der Waals surface area contributed by atoms with Crippen LogP contribution in [-0.2, 0) is 13.0 Å². The van der Waals surface area contributed by atoms with Gasteiger partial charge in [-0.3, -0.25) is 14.9 Å². The molecule has 0 bridgehead atoms. The fourth-order valence-electron chi connectivity index (χ4n) is 4.43. The molecule has 0 saturated heterocycles. The molecule has 4 nitrogen and oxygen atoms in total. The van der Waals surface area contributed by atoms with Crippen LogP contribution in [0.15, 0.2) is 12.1 Å². The van der Waals surface area contributed by atoms with Gasteiger partial charge in [0.05, 0.1) is 0 Å². The SMILES string of the molecule is O=C(NO)c1cc(F)c2c(c1)CCN(C1CC3(CCC3)C1)C2. The van der Waals surface area contributed by atoms with Gasteiger partial charge in [-0.15, -0.1) is 0 Å². The van der Waals surface area contributed by atoms with Gasteiger partial charge in [-0.2, -0.15) is 0 Å². The molecule has 2 fully saturated rings. The van der Waals surface area contributed by atoms with E-state index in [4.69, 9.17) is 5.21 Å². The molecule has 4 rings (SSSR count). The predicted molar refractivity (Wildman–Crippen MR) is 79.1 cm³/mol. The number of halogens is 1. The first kappa shape index (κ1) is 14.2. The van der Waals surface area contributed by atoms with Crippen LogP contribution in [0.5, 0.6) is 0 Å². The van der Waals surface area contributed by atoms with E-state index in [0.29, 0.717) is 18.0 Å². The van der Waals surface area contributed by atoms with E-state index in [1.165, 1.54) is 38.2 Å². The van der Waals surface area contributed by atoms with Crippen LogP contribution in [0.1, 0.15) is 53.6 Å². The normalized spacial score (nSPS) is 23.5. The monoisotopic (exact) mass is 304 g/mol. The van der Waals surface area contributed by atoms with Gasteiger partial charge in [0.1, 0.15) is 5.82 Å². The molecule has 0 unspecified atom stereocenters. The highest BCUT2D eigenvalue weighted by Crippen LogP contribution is 2.57. The van der Waals surface area contributed by atoms with Crippen molar-refractivity contribution in [1.82, 2.24) is 10.4 Å². The predicted octanol–water partition coefficient (Wildman–Crippen LogP) is 2.64. The molecule has 118 valence electrons. The second-order valence-corrected chi connectivity index (χ2v) is 7.17. The smallest absolute Gasteiger partial charge is 0.274 e. The molecule has 1 aromatic carbocycles. The van der Waals surface area contributed by atoms with Crippen molar-refractivity contribution < 1.29 is 14.4 Å². The third kappa shape index (κ3) is 2.15. The lowest BCUT2D eigenvalue weighted by molar-refractivity contribution is -0.0596. The number of carbonyl (C=O) groups excluding carboxylic acids is 1. The van der Waals surface area contributed by atoms with E-state index in [1.54, 1.807) is 11.5 Å². The highest BCUT2D eigenvalue weighted by atomic mass is 19.1. The van der Waals surface area contributed by atoms with Gasteiger partial charge in [0.15, 0.2) is 0 Å². The Morgan fingerprint density at radius 3 is 2.77 bits per heavy atom. The van der Waals surface area contributed by atoms with Crippen LogP contribution in [0.4, 0.5) is 4.39 Å². The van der Waals surface area contributed by atoms with Crippen LogP contribution in [0, 0.1) is 11.2 Å². The van der Waals surface area contributed by atoms with Gasteiger partial charge in [-0.05, 0) is 55.2 Å². The summed E-state index contributed by atoms with van der Waals surface area (Å²) < 4.78 is 14.3. The van der Waals surface area contributed by atoms with Crippen LogP contribution >= 0.6 is 0 Å². The molecule has 1 aromatic rings. The average molecular weight is 304 g/mol. The van der Waals surface area contributed by atoms with Crippen LogP contribution < -0.4 is 5.48 Å². The van der Waals surface area contributed by atoms with E-state index >= 15 is 0 Å². The highest BCUT2D eigenvalue weighted by molar-refractivity contribution is 5.93. The van der Waals surface area contributed by atoms with Crippen LogP contribution in [-0.4, -0.2) is 28.6 Å². The molecular formula is C17H21FN2O2. The number of hydrogen-bond acceptors (Lipinski definition) is 3. The summed E-state index contributed by atoms with van der Waals surface area (Å²) in [6, 6.07) is 3.53. The summed E-state index contributed by atoms with van der Waals surface area (Å²) in [7, 11) is 0. The quantitative estimate of drug-likeness (QED) is 0.652. The minimum absolute atomic E-state index is 0.185. The molecule has 2 aliphatic carbocycles. The van der Waals surface area contributed by atoms with E-state index in [0.717, 1.165) is 24.1 Å². The molecule has 0 atom stereocenters. The average Bonchev–Trinajstić information content (AvgIpc) is 2.43. The van der Waals surface area contributed by atoms with E-state index in [-0.39, 0.29) is 11.4 Å². The third-order valence-electron chi connectivity index (χ3n) is 5.95. The number of benzene rings is 1. The summed E-state index contributed by atoms with van der Waals surface area (Å²) in [4.78, 5) is 13.9. The Morgan fingerprint density at radius 1 is 1.36 bits per heavy atom. The molecule has 1 heterocycles. The van der Waals surface area contributed by atoms with Crippen LogP contribution in [0.3, 0.4) is 0 Å². The fourth-order valence-corrected chi connectivity index (χ4v) is 4.43. The van der Waals surface area contributed by atoms with Crippen molar-refractivity contribution in [2.45, 2.75) is 51.1 Å². The summed E-state index contributed by atoms with van der Waals surface area (Å²) in [5.41, 5.74) is 4.00. The van der Waals surface area contributed by atoms with Gasteiger partial charge < -0.3 is 0 Å². The van der Waals surface area contributed by atoms with Gasteiger partial charge in [-0.1, -0.05) is 6.42 Å². The molecule has 0 aromatic heterocycles. The lowest BCUT2D eigenvalue weighted by atomic mass is 9.53. The number of hydroxylamine groups is 1. The summed E-state index contributed by atoms with van der Waals surface area (Å²) in [5.74, 6) is -0.992. The Bertz CT molecular complexity index is 619. The summed E-state index contributed by atoms with van der Waals surface area (Å²) in [6.45, 7) is 1.57. The highest BCUT2D eigenvalue weighted by Gasteiger charge is 2.50. The lowest BCUT2D eigenvalue weighted by Crippen LogP contribution is -2.54. The van der Waals surface area contributed by atoms with E-state index in [9.17, 15) is 9.18 Å². The Kier molecular flexibility index (Phi) is 3.24. The van der Waals surface area contributed by atoms with Gasteiger partial charge in [0.2, 0.25) is 0 Å². The Hall–Kier alpha value is -1.46. The van der Waals surface area contributed by atoms with Gasteiger partial charge in [0.25, 0.3) is 5.91 Å². The maximum atomic E-state index is 14.3. The zero-order valence-corrected chi connectivity index (χ0v) is 12.6. The van der Waals surface area contributed by atoms with Crippen molar-refractivity contribution >= 4 is 5.91 Å². The molecule has 0 radical (unpaired) electrons. The molecule has 1 spiro atoms. The maximum absolute atomic E-state index is 14.3. The van der Waals surface area contributed by atoms with Crippen molar-refractivity contribution in [3.8, 4) is 0 Å². The zero-order valence-electron chi connectivity index (χ0n) is 12.6. The lowest BCUT2D eigenvalue weighted by Gasteiger charge is -2.57. The van der Waals surface area contributed by atoms with Crippen molar-refractivity contribution in [2.75, 3.05) is 6.54 Å². The van der Waals surface area contributed by atoms with Crippen LogP contribution in [0.25, 0.3) is 0 Å². The number of hydrogen-bond donors (Lipinski definition) is 2. The molecule has 1 aliphatic heterocycles. The van der Waals surface area contributed by atoms with Crippen molar-refractivity contribution in [2.24, 2.45) is 5.41 Å². The second-order valence-electron chi connectivity index (χ2n) is 7.17. The summed E-state index contributed by atoms with van der Waals surface area (Å²) >= 11 is 0. The summed E-state index contributed by atoms with van der Waals surface area (Å²) in [6.07, 6.45) is 7.44. The number of rotatable bonds is 2. The number of carbonyl (C=O) groups is 1. The minimum Gasteiger partial charge on any atom is -0.296 e. The fraction of sp³-hybridized carbons (Fsp3) is 0.588. The molecule has 2 saturated carbocycles. The van der Waals surface area contributed by atoms with Gasteiger partial charge in [0, 0.05) is 30.3 Å². The van der Waals surface area contributed by atoms with Crippen molar-refractivity contribution in [3.05, 3.63) is 34.6 Å². The molecule has 3 aliphatic rings. The molecular weight excluding hydrogens is 283 g/mol. The maximum Gasteiger partial charge on any atom is 0.274 e. The third-order valence-corrected chi connectivity index (χ3v) is 5.95. The Labute approximate surface area is 129 Å². The van der Waals surface area contributed by atoms with Crippen LogP contribution in [0.2, 0.25) is 0 Å². The molecule has 5 heteroatoms. The van der Waals surface area contributed by atoms with Crippen molar-refractivity contribution in [1.29, 1.82) is 0 Å². The largest absolute Gasteiger partial charge is 0.296 e. The summed E-state index contributed by atoms with van der Waals surface area (Å²) in [5, 5.41) is 8.69. The zero-order chi connectivity index (χ0) is 15.3. The van der Waals surface area contributed by atoms with E-state index < -0.39 is 5.91 Å². The van der Waals surface area contributed by atoms with Gasteiger partial charge >= 0.3 is 0 Å². The Morgan fingerprint density at radius 2 is 2.14 bits per heavy atom. The topological polar surface area (TPSA) is 52.6 Å². The molecule has 1 amide bonds. The second kappa shape index (κ2) is 5.03. The first-order valence-electron chi connectivity index (χ1n) is 8.10. The van der Waals surface area contributed by atoms with Gasteiger partial charge in [-0.25, -0.2) is 9.87 Å². The van der Waals surface area contributed by atoms with Crippen molar-refractivity contribution in [3.63, 3.8) is 0 Å². The van der Waals surface area contributed by atoms with E-state index in [2.05, 4.69) is 4.90 Å². The first-order chi connectivity index (χ1) is 10.6. The number of nitrogens with one attached hydrogen (secondary N) is 1. The standard InChI is InChI=1S/C17H21FN2O2/c18-15-7-12(16(21)19-22)6-11-2-5-20(10-14(11)15)13-8-17(9-13)3-1-4-17/h6-7,13,22H,1-5,8-10H2,(H,19,21). The minimum atomic E-state index is -0.657. The Balaban J connectivity index is 1.50. The van der Waals surface area contributed by atoms with E-state index in [1.807, 2.05) is 0 Å². The number of nitrogens with zero attached hydrogens (tertiary/aromatic N) is 1. The molecule has 2 N–H and O–H groups in total. The number of fused-ring (bicyclic) bond motifs is 1. The molecule has 22 heavy (non-hydrogen) atoms. The number of amides is 1.